The smallest absolute Gasteiger partial charge is 0.154 e. The van der Waals surface area contributed by atoms with E-state index in [0.717, 1.165) is 31.0 Å². The summed E-state index contributed by atoms with van der Waals surface area (Å²) in [6.45, 7) is 5.21. The molecule has 84 valence electrons. The summed E-state index contributed by atoms with van der Waals surface area (Å²) < 4.78 is 1.87. The van der Waals surface area contributed by atoms with E-state index in [0.29, 0.717) is 6.04 Å². The second-order valence-corrected chi connectivity index (χ2v) is 4.21. The van der Waals surface area contributed by atoms with Crippen molar-refractivity contribution in [2.45, 2.75) is 13.0 Å². The Morgan fingerprint density at radius 1 is 1.44 bits per heavy atom. The molecule has 2 aromatic heterocycles. The van der Waals surface area contributed by atoms with Crippen molar-refractivity contribution >= 4 is 11.3 Å². The Bertz CT molecular complexity index is 492. The topological polar surface area (TPSA) is 45.5 Å². The molecule has 1 atom stereocenters. The van der Waals surface area contributed by atoms with Crippen LogP contribution in [0.3, 0.4) is 0 Å². The first-order valence-electron chi connectivity index (χ1n) is 5.61. The van der Waals surface area contributed by atoms with Crippen LogP contribution in [-0.4, -0.2) is 40.3 Å². The molecule has 1 saturated heterocycles. The molecular weight excluding hydrogens is 202 g/mol. The highest BCUT2D eigenvalue weighted by atomic mass is 15.3. The fourth-order valence-electron chi connectivity index (χ4n) is 2.21. The fourth-order valence-corrected chi connectivity index (χ4v) is 2.21. The van der Waals surface area contributed by atoms with E-state index >= 15 is 0 Å². The van der Waals surface area contributed by atoms with Gasteiger partial charge in [-0.1, -0.05) is 0 Å². The highest BCUT2D eigenvalue weighted by Crippen LogP contribution is 2.18. The van der Waals surface area contributed by atoms with Crippen molar-refractivity contribution in [3.05, 3.63) is 24.7 Å². The Labute approximate surface area is 94.1 Å². The zero-order valence-corrected chi connectivity index (χ0v) is 9.30. The van der Waals surface area contributed by atoms with Gasteiger partial charge < -0.3 is 10.2 Å². The van der Waals surface area contributed by atoms with E-state index < -0.39 is 0 Å². The lowest BCUT2D eigenvalue weighted by atomic mass is 10.2. The molecule has 3 rings (SSSR count). The minimum absolute atomic E-state index is 0.513. The van der Waals surface area contributed by atoms with Gasteiger partial charge in [-0.2, -0.15) is 5.10 Å². The van der Waals surface area contributed by atoms with E-state index in [1.165, 1.54) is 0 Å². The van der Waals surface area contributed by atoms with Crippen LogP contribution in [0.4, 0.5) is 5.82 Å². The number of hydrogen-bond acceptors (Lipinski definition) is 4. The van der Waals surface area contributed by atoms with Crippen molar-refractivity contribution in [1.29, 1.82) is 0 Å². The predicted molar refractivity (Wildman–Crippen MR) is 62.7 cm³/mol. The van der Waals surface area contributed by atoms with E-state index in [1.807, 2.05) is 29.2 Å². The average Bonchev–Trinajstić information content (AvgIpc) is 2.76. The van der Waals surface area contributed by atoms with Gasteiger partial charge >= 0.3 is 0 Å². The lowest BCUT2D eigenvalue weighted by molar-refractivity contribution is 0.482. The number of anilines is 1. The van der Waals surface area contributed by atoms with Crippen LogP contribution in [0.15, 0.2) is 24.7 Å². The summed E-state index contributed by atoms with van der Waals surface area (Å²) >= 11 is 0. The van der Waals surface area contributed by atoms with Crippen LogP contribution in [0.2, 0.25) is 0 Å². The molecule has 0 spiro atoms. The number of nitrogens with one attached hydrogen (secondary N) is 1. The Balaban J connectivity index is 2.01. The molecule has 2 aromatic rings. The number of fused-ring (bicyclic) bond motifs is 1. The summed E-state index contributed by atoms with van der Waals surface area (Å²) in [5.74, 6) is 1.04. The van der Waals surface area contributed by atoms with Gasteiger partial charge in [-0.05, 0) is 13.0 Å². The van der Waals surface area contributed by atoms with Crippen molar-refractivity contribution < 1.29 is 0 Å². The summed E-state index contributed by atoms with van der Waals surface area (Å²) in [5, 5.41) is 7.66. The van der Waals surface area contributed by atoms with Gasteiger partial charge in [-0.25, -0.2) is 9.50 Å². The summed E-state index contributed by atoms with van der Waals surface area (Å²) in [6, 6.07) is 2.52. The monoisotopic (exact) mass is 217 g/mol. The number of hydrogen-bond donors (Lipinski definition) is 1. The van der Waals surface area contributed by atoms with Gasteiger partial charge in [0.25, 0.3) is 0 Å². The minimum Gasteiger partial charge on any atom is -0.352 e. The molecule has 1 unspecified atom stereocenters. The zero-order chi connectivity index (χ0) is 11.0. The molecule has 3 heterocycles. The summed E-state index contributed by atoms with van der Waals surface area (Å²) in [4.78, 5) is 6.79. The molecule has 0 aliphatic carbocycles. The molecule has 5 nitrogen and oxygen atoms in total. The van der Waals surface area contributed by atoms with E-state index in [2.05, 4.69) is 27.2 Å². The van der Waals surface area contributed by atoms with Gasteiger partial charge in [-0.15, -0.1) is 0 Å². The molecule has 16 heavy (non-hydrogen) atoms. The van der Waals surface area contributed by atoms with E-state index in [-0.39, 0.29) is 0 Å². The van der Waals surface area contributed by atoms with E-state index in [4.69, 9.17) is 0 Å². The van der Waals surface area contributed by atoms with Crippen molar-refractivity contribution in [3.63, 3.8) is 0 Å². The molecular formula is C11H15N5. The first-order valence-corrected chi connectivity index (χ1v) is 5.61. The largest absolute Gasteiger partial charge is 0.352 e. The van der Waals surface area contributed by atoms with Crippen LogP contribution in [0, 0.1) is 0 Å². The minimum atomic E-state index is 0.513. The maximum absolute atomic E-state index is 4.47. The third-order valence-electron chi connectivity index (χ3n) is 2.97. The first kappa shape index (κ1) is 9.59. The first-order chi connectivity index (χ1) is 7.84. The molecule has 0 bridgehead atoms. The van der Waals surface area contributed by atoms with Crippen LogP contribution in [-0.2, 0) is 0 Å². The Hall–Kier alpha value is -1.62. The highest BCUT2D eigenvalue weighted by molar-refractivity contribution is 5.68. The van der Waals surface area contributed by atoms with Gasteiger partial charge in [-0.3, -0.25) is 0 Å². The van der Waals surface area contributed by atoms with Gasteiger partial charge in [0.05, 0.1) is 6.20 Å². The lowest BCUT2D eigenvalue weighted by Gasteiger charge is -2.32. The zero-order valence-electron chi connectivity index (χ0n) is 9.30. The maximum Gasteiger partial charge on any atom is 0.154 e. The van der Waals surface area contributed by atoms with E-state index in [9.17, 15) is 0 Å². The Morgan fingerprint density at radius 3 is 3.25 bits per heavy atom. The quantitative estimate of drug-likeness (QED) is 0.756. The van der Waals surface area contributed by atoms with Crippen molar-refractivity contribution in [1.82, 2.24) is 19.9 Å². The van der Waals surface area contributed by atoms with Crippen LogP contribution >= 0.6 is 0 Å². The number of nitrogens with zero attached hydrogens (tertiary/aromatic N) is 4. The number of piperazine rings is 1. The van der Waals surface area contributed by atoms with Gasteiger partial charge in [0.15, 0.2) is 5.82 Å². The molecule has 0 saturated carbocycles. The van der Waals surface area contributed by atoms with Gasteiger partial charge in [0.1, 0.15) is 5.52 Å². The van der Waals surface area contributed by atoms with Gasteiger partial charge in [0.2, 0.25) is 0 Å². The third kappa shape index (κ3) is 1.53. The molecule has 0 radical (unpaired) electrons. The SMILES string of the molecule is CC1CN(c2nccn3nccc23)CCN1. The summed E-state index contributed by atoms with van der Waals surface area (Å²) in [5.41, 5.74) is 1.08. The summed E-state index contributed by atoms with van der Waals surface area (Å²) in [7, 11) is 0. The molecule has 1 aliphatic rings. The summed E-state index contributed by atoms with van der Waals surface area (Å²) in [6.07, 6.45) is 5.50. The normalized spacial score (nSPS) is 21.6. The standard InChI is InChI=1S/C11H15N5/c1-9-8-15(6-4-12-9)11-10-2-3-14-16(10)7-5-13-11/h2-3,5,7,9,12H,4,6,8H2,1H3. The molecule has 1 fully saturated rings. The van der Waals surface area contributed by atoms with E-state index in [1.54, 1.807) is 0 Å². The highest BCUT2D eigenvalue weighted by Gasteiger charge is 2.18. The molecule has 5 heteroatoms. The fraction of sp³-hybridized carbons (Fsp3) is 0.455. The van der Waals surface area contributed by atoms with Crippen molar-refractivity contribution in [2.24, 2.45) is 0 Å². The number of rotatable bonds is 1. The average molecular weight is 217 g/mol. The molecule has 1 N–H and O–H groups in total. The van der Waals surface area contributed by atoms with Crippen molar-refractivity contribution in [3.8, 4) is 0 Å². The Kier molecular flexibility index (Phi) is 2.25. The van der Waals surface area contributed by atoms with Crippen LogP contribution < -0.4 is 10.2 Å². The molecule has 0 aromatic carbocycles. The Morgan fingerprint density at radius 2 is 2.38 bits per heavy atom. The number of aromatic nitrogens is 3. The van der Waals surface area contributed by atoms with Crippen LogP contribution in [0.25, 0.3) is 5.52 Å². The molecule has 1 aliphatic heterocycles. The second-order valence-electron chi connectivity index (χ2n) is 4.21. The predicted octanol–water partition coefficient (Wildman–Crippen LogP) is 0.527. The maximum atomic E-state index is 4.47. The lowest BCUT2D eigenvalue weighted by Crippen LogP contribution is -2.49. The second kappa shape index (κ2) is 3.75. The third-order valence-corrected chi connectivity index (χ3v) is 2.97. The van der Waals surface area contributed by atoms with Crippen LogP contribution in [0.1, 0.15) is 6.92 Å². The van der Waals surface area contributed by atoms with Gasteiger partial charge in [0, 0.05) is 38.1 Å². The van der Waals surface area contributed by atoms with Crippen molar-refractivity contribution in [2.75, 3.05) is 24.5 Å². The molecule has 0 amide bonds. The van der Waals surface area contributed by atoms with Crippen LogP contribution in [0.5, 0.6) is 0 Å².